The van der Waals surface area contributed by atoms with Gasteiger partial charge in [0.05, 0.1) is 5.52 Å². The van der Waals surface area contributed by atoms with E-state index in [1.165, 1.54) is 0 Å². The Bertz CT molecular complexity index is 569. The fraction of sp³-hybridized carbons (Fsp3) is 0.438. The molecule has 0 saturated carbocycles. The second kappa shape index (κ2) is 7.10. The monoisotopic (exact) mass is 273 g/mol. The number of nitrogen functional groups attached to an aromatic ring is 1. The van der Waals surface area contributed by atoms with Gasteiger partial charge in [0.1, 0.15) is 0 Å². The van der Waals surface area contributed by atoms with Crippen molar-refractivity contribution >= 4 is 22.3 Å². The number of hydrogen-bond donors (Lipinski definition) is 3. The van der Waals surface area contributed by atoms with Gasteiger partial charge in [-0.2, -0.15) is 0 Å². The predicted molar refractivity (Wildman–Crippen MR) is 84.9 cm³/mol. The summed E-state index contributed by atoms with van der Waals surface area (Å²) < 4.78 is 0. The van der Waals surface area contributed by atoms with Crippen LogP contribution in [0.3, 0.4) is 0 Å². The van der Waals surface area contributed by atoms with Crippen molar-refractivity contribution in [2.24, 2.45) is 0 Å². The Kier molecular flexibility index (Phi) is 5.18. The number of pyridine rings is 1. The van der Waals surface area contributed by atoms with Gasteiger partial charge >= 0.3 is 0 Å². The Hall–Kier alpha value is -1.81. The predicted octanol–water partition coefficient (Wildman–Crippen LogP) is 3.09. The Labute approximate surface area is 120 Å². The van der Waals surface area contributed by atoms with E-state index in [2.05, 4.69) is 16.4 Å². The van der Waals surface area contributed by atoms with Crippen LogP contribution in [0.2, 0.25) is 0 Å². The van der Waals surface area contributed by atoms with Crippen molar-refractivity contribution in [1.29, 1.82) is 0 Å². The normalized spacial score (nSPS) is 10.9. The molecule has 108 valence electrons. The van der Waals surface area contributed by atoms with Gasteiger partial charge in [0.2, 0.25) is 0 Å². The SMILES string of the molecule is Cc1cc(NCCCCCCO)c2cc(N)ccc2n1. The van der Waals surface area contributed by atoms with Crippen LogP contribution < -0.4 is 11.1 Å². The summed E-state index contributed by atoms with van der Waals surface area (Å²) in [6.07, 6.45) is 4.22. The van der Waals surface area contributed by atoms with Gasteiger partial charge < -0.3 is 16.2 Å². The highest BCUT2D eigenvalue weighted by Gasteiger charge is 2.04. The molecule has 20 heavy (non-hydrogen) atoms. The van der Waals surface area contributed by atoms with E-state index in [1.807, 2.05) is 25.1 Å². The first-order valence-corrected chi connectivity index (χ1v) is 7.22. The minimum atomic E-state index is 0.293. The molecule has 0 amide bonds. The molecule has 0 aliphatic heterocycles. The van der Waals surface area contributed by atoms with Crippen LogP contribution in [0.25, 0.3) is 10.9 Å². The van der Waals surface area contributed by atoms with Gasteiger partial charge in [0.25, 0.3) is 0 Å². The highest BCUT2D eigenvalue weighted by Crippen LogP contribution is 2.25. The van der Waals surface area contributed by atoms with Crippen molar-refractivity contribution in [3.8, 4) is 0 Å². The molecular formula is C16H23N3O. The number of aryl methyl sites for hydroxylation is 1. The number of aromatic nitrogens is 1. The number of anilines is 2. The van der Waals surface area contributed by atoms with Gasteiger partial charge in [0, 0.05) is 35.6 Å². The number of aliphatic hydroxyl groups is 1. The molecule has 0 bridgehead atoms. The summed E-state index contributed by atoms with van der Waals surface area (Å²) in [7, 11) is 0. The molecule has 2 rings (SSSR count). The van der Waals surface area contributed by atoms with Crippen LogP contribution in [0.5, 0.6) is 0 Å². The molecule has 2 aromatic rings. The molecule has 0 radical (unpaired) electrons. The molecule has 0 atom stereocenters. The fourth-order valence-electron chi connectivity index (χ4n) is 2.34. The van der Waals surface area contributed by atoms with Crippen LogP contribution >= 0.6 is 0 Å². The van der Waals surface area contributed by atoms with E-state index in [4.69, 9.17) is 10.8 Å². The lowest BCUT2D eigenvalue weighted by atomic mass is 10.1. The number of unbranched alkanes of at least 4 members (excludes halogenated alkanes) is 3. The van der Waals surface area contributed by atoms with Crippen molar-refractivity contribution in [2.45, 2.75) is 32.6 Å². The summed E-state index contributed by atoms with van der Waals surface area (Å²) in [6.45, 7) is 3.22. The van der Waals surface area contributed by atoms with Crippen molar-refractivity contribution in [3.63, 3.8) is 0 Å². The first-order chi connectivity index (χ1) is 9.70. The minimum Gasteiger partial charge on any atom is -0.399 e. The third kappa shape index (κ3) is 3.84. The molecule has 0 saturated heterocycles. The average Bonchev–Trinajstić information content (AvgIpc) is 2.43. The third-order valence-electron chi connectivity index (χ3n) is 3.36. The van der Waals surface area contributed by atoms with Crippen molar-refractivity contribution < 1.29 is 5.11 Å². The Balaban J connectivity index is 2.03. The molecule has 0 aliphatic carbocycles. The molecule has 0 aliphatic rings. The van der Waals surface area contributed by atoms with E-state index < -0.39 is 0 Å². The summed E-state index contributed by atoms with van der Waals surface area (Å²) >= 11 is 0. The van der Waals surface area contributed by atoms with Crippen molar-refractivity contribution in [3.05, 3.63) is 30.0 Å². The van der Waals surface area contributed by atoms with E-state index in [9.17, 15) is 0 Å². The number of hydrogen-bond acceptors (Lipinski definition) is 4. The number of nitrogens with two attached hydrogens (primary N) is 1. The maximum absolute atomic E-state index is 8.74. The van der Waals surface area contributed by atoms with Crippen LogP contribution in [-0.4, -0.2) is 23.2 Å². The number of aliphatic hydroxyl groups excluding tert-OH is 1. The number of rotatable bonds is 7. The molecule has 0 fully saturated rings. The lowest BCUT2D eigenvalue weighted by Crippen LogP contribution is -2.03. The zero-order valence-electron chi connectivity index (χ0n) is 12.0. The second-order valence-corrected chi connectivity index (χ2v) is 5.15. The highest BCUT2D eigenvalue weighted by molar-refractivity contribution is 5.93. The minimum absolute atomic E-state index is 0.293. The highest BCUT2D eigenvalue weighted by atomic mass is 16.2. The molecule has 4 heteroatoms. The van der Waals surface area contributed by atoms with Gasteiger partial charge in [0.15, 0.2) is 0 Å². The van der Waals surface area contributed by atoms with Crippen LogP contribution in [0.4, 0.5) is 11.4 Å². The summed E-state index contributed by atoms with van der Waals surface area (Å²) in [6, 6.07) is 7.88. The zero-order chi connectivity index (χ0) is 14.4. The van der Waals surface area contributed by atoms with E-state index >= 15 is 0 Å². The van der Waals surface area contributed by atoms with Crippen molar-refractivity contribution in [1.82, 2.24) is 4.98 Å². The number of nitrogens with zero attached hydrogens (tertiary/aromatic N) is 1. The van der Waals surface area contributed by atoms with E-state index in [-0.39, 0.29) is 0 Å². The lowest BCUT2D eigenvalue weighted by Gasteiger charge is -2.11. The van der Waals surface area contributed by atoms with Gasteiger partial charge in [-0.15, -0.1) is 0 Å². The van der Waals surface area contributed by atoms with Crippen LogP contribution in [-0.2, 0) is 0 Å². The first kappa shape index (κ1) is 14.6. The largest absolute Gasteiger partial charge is 0.399 e. The smallest absolute Gasteiger partial charge is 0.0727 e. The second-order valence-electron chi connectivity index (χ2n) is 5.15. The number of benzene rings is 1. The van der Waals surface area contributed by atoms with Crippen LogP contribution in [0, 0.1) is 6.92 Å². The number of fused-ring (bicyclic) bond motifs is 1. The Morgan fingerprint density at radius 1 is 1.15 bits per heavy atom. The molecule has 4 N–H and O–H groups in total. The van der Waals surface area contributed by atoms with Gasteiger partial charge in [-0.1, -0.05) is 12.8 Å². The standard InChI is InChI=1S/C16H23N3O/c1-12-10-16(18-8-4-2-3-5-9-20)14-11-13(17)6-7-15(14)19-12/h6-7,10-11,20H,2-5,8-9,17H2,1H3,(H,18,19). The van der Waals surface area contributed by atoms with E-state index in [0.717, 1.165) is 60.2 Å². The maximum Gasteiger partial charge on any atom is 0.0727 e. The molecule has 1 aromatic carbocycles. The summed E-state index contributed by atoms with van der Waals surface area (Å²) in [5.41, 5.74) is 9.70. The molecular weight excluding hydrogens is 250 g/mol. The van der Waals surface area contributed by atoms with Crippen LogP contribution in [0.1, 0.15) is 31.4 Å². The Morgan fingerprint density at radius 2 is 1.95 bits per heavy atom. The van der Waals surface area contributed by atoms with Gasteiger partial charge in [-0.3, -0.25) is 4.98 Å². The number of nitrogens with one attached hydrogen (secondary N) is 1. The van der Waals surface area contributed by atoms with Gasteiger partial charge in [-0.05, 0) is 44.0 Å². The van der Waals surface area contributed by atoms with Crippen molar-refractivity contribution in [2.75, 3.05) is 24.2 Å². The summed E-state index contributed by atoms with van der Waals surface area (Å²) in [5, 5.41) is 13.3. The van der Waals surface area contributed by atoms with E-state index in [0.29, 0.717) is 6.61 Å². The summed E-state index contributed by atoms with van der Waals surface area (Å²) in [5.74, 6) is 0. The molecule has 1 aromatic heterocycles. The Morgan fingerprint density at radius 3 is 2.75 bits per heavy atom. The molecule has 0 unspecified atom stereocenters. The van der Waals surface area contributed by atoms with Crippen LogP contribution in [0.15, 0.2) is 24.3 Å². The van der Waals surface area contributed by atoms with Gasteiger partial charge in [-0.25, -0.2) is 0 Å². The first-order valence-electron chi connectivity index (χ1n) is 7.22. The zero-order valence-corrected chi connectivity index (χ0v) is 12.0. The molecule has 0 spiro atoms. The summed E-state index contributed by atoms with van der Waals surface area (Å²) in [4.78, 5) is 4.52. The average molecular weight is 273 g/mol. The molecule has 1 heterocycles. The quantitative estimate of drug-likeness (QED) is 0.535. The lowest BCUT2D eigenvalue weighted by molar-refractivity contribution is 0.283. The topological polar surface area (TPSA) is 71.2 Å². The third-order valence-corrected chi connectivity index (χ3v) is 3.36. The maximum atomic E-state index is 8.74. The molecule has 4 nitrogen and oxygen atoms in total. The van der Waals surface area contributed by atoms with E-state index in [1.54, 1.807) is 0 Å². The fourth-order valence-corrected chi connectivity index (χ4v) is 2.34.